The van der Waals surface area contributed by atoms with Crippen molar-refractivity contribution in [3.63, 3.8) is 0 Å². The maximum absolute atomic E-state index is 11.8. The van der Waals surface area contributed by atoms with Gasteiger partial charge in [-0.2, -0.15) is 0 Å². The van der Waals surface area contributed by atoms with E-state index in [-0.39, 0.29) is 24.0 Å². The molecule has 0 atom stereocenters. The van der Waals surface area contributed by atoms with Crippen LogP contribution in [0, 0.1) is 0 Å². The number of furan rings is 1. The summed E-state index contributed by atoms with van der Waals surface area (Å²) < 4.78 is 5.32. The molecule has 1 aromatic carbocycles. The Kier molecular flexibility index (Phi) is 4.42. The number of hydrogen-bond donors (Lipinski definition) is 1. The van der Waals surface area contributed by atoms with Crippen LogP contribution in [0.15, 0.2) is 53.4 Å². The highest BCUT2D eigenvalue weighted by atomic mass is 35.5. The minimum atomic E-state index is -1.12. The van der Waals surface area contributed by atoms with Gasteiger partial charge >= 0.3 is 5.97 Å². The number of Topliss-reactive ketones (excluding diaryl/α,β-unsaturated/α-hetero) is 1. The zero-order valence-corrected chi connectivity index (χ0v) is 13.9. The number of aromatic nitrogens is 1. The van der Waals surface area contributed by atoms with E-state index in [4.69, 9.17) is 4.42 Å². The van der Waals surface area contributed by atoms with Gasteiger partial charge in [0.25, 0.3) is 0 Å². The lowest BCUT2D eigenvalue weighted by Crippen LogP contribution is -1.98. The third-order valence-electron chi connectivity index (χ3n) is 4.29. The summed E-state index contributed by atoms with van der Waals surface area (Å²) in [6, 6.07) is 9.05. The van der Waals surface area contributed by atoms with Crippen molar-refractivity contribution in [2.45, 2.75) is 12.8 Å². The van der Waals surface area contributed by atoms with Crippen molar-refractivity contribution in [1.82, 2.24) is 4.98 Å². The number of carboxylic acid groups (broad SMARTS) is 1. The van der Waals surface area contributed by atoms with Gasteiger partial charge in [0.1, 0.15) is 6.26 Å². The lowest BCUT2D eigenvalue weighted by molar-refractivity contribution is 0.0663. The average molecular weight is 356 g/mol. The second kappa shape index (κ2) is 6.53. The zero-order chi connectivity index (χ0) is 16.7. The largest absolute Gasteiger partial charge is 0.475 e. The van der Waals surface area contributed by atoms with Crippen molar-refractivity contribution in [2.24, 2.45) is 0 Å². The first-order valence-electron chi connectivity index (χ1n) is 7.57. The first kappa shape index (κ1) is 16.9. The number of benzene rings is 1. The quantitative estimate of drug-likeness (QED) is 0.759. The van der Waals surface area contributed by atoms with Gasteiger partial charge in [-0.05, 0) is 35.2 Å². The number of rotatable bonds is 3. The Morgan fingerprint density at radius 3 is 2.52 bits per heavy atom. The minimum Gasteiger partial charge on any atom is -0.475 e. The Labute approximate surface area is 149 Å². The predicted molar refractivity (Wildman–Crippen MR) is 94.2 cm³/mol. The molecule has 0 saturated heterocycles. The first-order valence-corrected chi connectivity index (χ1v) is 7.57. The second-order valence-electron chi connectivity index (χ2n) is 5.69. The zero-order valence-electron chi connectivity index (χ0n) is 13.1. The van der Waals surface area contributed by atoms with Crippen LogP contribution in [0.3, 0.4) is 0 Å². The van der Waals surface area contributed by atoms with Gasteiger partial charge in [-0.25, -0.2) is 4.79 Å². The summed E-state index contributed by atoms with van der Waals surface area (Å²) in [6.07, 6.45) is 5.94. The van der Waals surface area contributed by atoms with Crippen molar-refractivity contribution in [2.75, 3.05) is 0 Å². The van der Waals surface area contributed by atoms with Crippen molar-refractivity contribution in [1.29, 1.82) is 0 Å². The third kappa shape index (κ3) is 2.83. The van der Waals surface area contributed by atoms with Crippen LogP contribution >= 0.6 is 12.4 Å². The lowest BCUT2D eigenvalue weighted by atomic mass is 9.95. The van der Waals surface area contributed by atoms with Crippen LogP contribution in [0.25, 0.3) is 22.3 Å². The Morgan fingerprint density at radius 1 is 1.04 bits per heavy atom. The van der Waals surface area contributed by atoms with Crippen LogP contribution in [-0.4, -0.2) is 21.8 Å². The molecule has 0 spiro atoms. The summed E-state index contributed by atoms with van der Waals surface area (Å²) in [7, 11) is 0. The standard InChI is InChI=1S/C19H13NO4.ClH/c21-16-4-2-12-9-13(1-3-14(12)16)17-15(10-24-18(17)19(22)23)11-5-7-20-8-6-11;/h1,3,5-10H,2,4H2,(H,22,23);1H. The first-order chi connectivity index (χ1) is 11.6. The molecule has 4 rings (SSSR count). The molecule has 0 amide bonds. The van der Waals surface area contributed by atoms with E-state index in [1.165, 1.54) is 6.26 Å². The molecule has 25 heavy (non-hydrogen) atoms. The summed E-state index contributed by atoms with van der Waals surface area (Å²) in [4.78, 5) is 27.4. The fourth-order valence-corrected chi connectivity index (χ4v) is 3.16. The highest BCUT2D eigenvalue weighted by Gasteiger charge is 2.25. The number of carbonyl (C=O) groups is 2. The van der Waals surface area contributed by atoms with Crippen LogP contribution in [-0.2, 0) is 6.42 Å². The molecule has 0 aliphatic heterocycles. The molecule has 3 aromatic rings. The van der Waals surface area contributed by atoms with Gasteiger partial charge in [0.05, 0.1) is 0 Å². The summed E-state index contributed by atoms with van der Waals surface area (Å²) in [5.41, 5.74) is 4.46. The van der Waals surface area contributed by atoms with Gasteiger partial charge in [-0.1, -0.05) is 18.2 Å². The minimum absolute atomic E-state index is 0. The molecule has 0 fully saturated rings. The van der Waals surface area contributed by atoms with Crippen molar-refractivity contribution < 1.29 is 19.1 Å². The molecular formula is C19H14ClNO4. The second-order valence-corrected chi connectivity index (χ2v) is 5.69. The number of aromatic carboxylic acids is 1. The van der Waals surface area contributed by atoms with Gasteiger partial charge in [-0.3, -0.25) is 9.78 Å². The molecule has 1 aliphatic rings. The van der Waals surface area contributed by atoms with Gasteiger partial charge in [0, 0.05) is 35.5 Å². The fourth-order valence-electron chi connectivity index (χ4n) is 3.16. The van der Waals surface area contributed by atoms with Crippen LogP contribution in [0.2, 0.25) is 0 Å². The number of nitrogens with zero attached hydrogens (tertiary/aromatic N) is 1. The van der Waals surface area contributed by atoms with Crippen molar-refractivity contribution in [3.05, 3.63) is 65.9 Å². The highest BCUT2D eigenvalue weighted by Crippen LogP contribution is 2.38. The monoisotopic (exact) mass is 355 g/mol. The number of halogens is 1. The fraction of sp³-hybridized carbons (Fsp3) is 0.105. The average Bonchev–Trinajstić information content (AvgIpc) is 3.20. The Bertz CT molecular complexity index is 963. The van der Waals surface area contributed by atoms with E-state index in [0.29, 0.717) is 24.0 Å². The topological polar surface area (TPSA) is 80.4 Å². The number of aryl methyl sites for hydroxylation is 1. The molecule has 1 aliphatic carbocycles. The number of hydrogen-bond acceptors (Lipinski definition) is 4. The van der Waals surface area contributed by atoms with Gasteiger partial charge in [0.15, 0.2) is 5.78 Å². The van der Waals surface area contributed by atoms with Gasteiger partial charge in [0.2, 0.25) is 5.76 Å². The number of ketones is 1. The molecular weight excluding hydrogens is 342 g/mol. The molecule has 2 aromatic heterocycles. The summed E-state index contributed by atoms with van der Waals surface area (Å²) in [6.45, 7) is 0. The number of carboxylic acids is 1. The molecule has 5 nitrogen and oxygen atoms in total. The maximum Gasteiger partial charge on any atom is 0.372 e. The molecule has 0 bridgehead atoms. The van der Waals surface area contributed by atoms with E-state index < -0.39 is 5.97 Å². The van der Waals surface area contributed by atoms with E-state index in [0.717, 1.165) is 22.3 Å². The normalized spacial score (nSPS) is 12.6. The van der Waals surface area contributed by atoms with Gasteiger partial charge in [-0.15, -0.1) is 12.4 Å². The van der Waals surface area contributed by atoms with E-state index >= 15 is 0 Å². The molecule has 6 heteroatoms. The Balaban J connectivity index is 0.00000182. The molecule has 2 heterocycles. The van der Waals surface area contributed by atoms with Crippen molar-refractivity contribution >= 4 is 24.2 Å². The van der Waals surface area contributed by atoms with E-state index in [2.05, 4.69) is 4.98 Å². The van der Waals surface area contributed by atoms with Gasteiger partial charge < -0.3 is 9.52 Å². The molecule has 1 N–H and O–H groups in total. The molecule has 126 valence electrons. The van der Waals surface area contributed by atoms with Crippen LogP contribution in [0.5, 0.6) is 0 Å². The predicted octanol–water partition coefficient (Wildman–Crippen LogP) is 4.26. The van der Waals surface area contributed by atoms with Crippen molar-refractivity contribution in [3.8, 4) is 22.3 Å². The summed E-state index contributed by atoms with van der Waals surface area (Å²) >= 11 is 0. The highest BCUT2D eigenvalue weighted by molar-refractivity contribution is 6.03. The summed E-state index contributed by atoms with van der Waals surface area (Å²) in [5, 5.41) is 9.46. The van der Waals surface area contributed by atoms with Crippen LogP contribution in [0.1, 0.15) is 32.9 Å². The number of carbonyl (C=O) groups excluding carboxylic acids is 1. The SMILES string of the molecule is Cl.O=C1CCc2cc(-c3c(-c4ccncc4)coc3C(=O)O)ccc21. The smallest absolute Gasteiger partial charge is 0.372 e. The Hall–Kier alpha value is -2.92. The maximum atomic E-state index is 11.8. The van der Waals surface area contributed by atoms with Crippen LogP contribution < -0.4 is 0 Å². The summed E-state index contributed by atoms with van der Waals surface area (Å²) in [5.74, 6) is -1.09. The third-order valence-corrected chi connectivity index (χ3v) is 4.29. The molecule has 0 saturated carbocycles. The number of pyridine rings is 1. The Morgan fingerprint density at radius 2 is 1.80 bits per heavy atom. The van der Waals surface area contributed by atoms with E-state index in [9.17, 15) is 14.7 Å². The van der Waals surface area contributed by atoms with E-state index in [1.54, 1.807) is 36.7 Å². The van der Waals surface area contributed by atoms with Crippen LogP contribution in [0.4, 0.5) is 0 Å². The number of fused-ring (bicyclic) bond motifs is 1. The lowest BCUT2D eigenvalue weighted by Gasteiger charge is -2.07. The van der Waals surface area contributed by atoms with E-state index in [1.807, 2.05) is 6.07 Å². The molecule has 0 radical (unpaired) electrons. The molecule has 0 unspecified atom stereocenters.